The first-order valence-corrected chi connectivity index (χ1v) is 5.32. The van der Waals surface area contributed by atoms with Crippen LogP contribution in [-0.4, -0.2) is 10.1 Å². The van der Waals surface area contributed by atoms with Gasteiger partial charge in [-0.1, -0.05) is 17.3 Å². The molecule has 72 valence electrons. The van der Waals surface area contributed by atoms with Crippen LogP contribution in [0.15, 0.2) is 22.7 Å². The second-order valence-electron chi connectivity index (χ2n) is 3.08. The van der Waals surface area contributed by atoms with Crippen LogP contribution >= 0.6 is 22.6 Å². The zero-order valence-corrected chi connectivity index (χ0v) is 10.1. The normalized spacial score (nSPS) is 10.5. The molecule has 1 aromatic heterocycles. The predicted octanol–water partition coefficient (Wildman–Crippen LogP) is 2.96. The van der Waals surface area contributed by atoms with Crippen LogP contribution in [0, 0.1) is 17.4 Å². The zero-order valence-electron chi connectivity index (χ0n) is 7.91. The fourth-order valence-electron chi connectivity index (χ4n) is 1.30. The van der Waals surface area contributed by atoms with Gasteiger partial charge in [0.15, 0.2) is 5.82 Å². The Labute approximate surface area is 95.7 Å². The molecule has 4 heteroatoms. The lowest BCUT2D eigenvalue weighted by atomic mass is 10.1. The van der Waals surface area contributed by atoms with Crippen LogP contribution in [0.5, 0.6) is 0 Å². The van der Waals surface area contributed by atoms with Gasteiger partial charge in [0.05, 0.1) is 5.56 Å². The van der Waals surface area contributed by atoms with Gasteiger partial charge in [-0.15, -0.1) is 0 Å². The molecule has 0 spiro atoms. The van der Waals surface area contributed by atoms with Crippen LogP contribution < -0.4 is 0 Å². The Morgan fingerprint density at radius 1 is 1.29 bits per heavy atom. The Bertz CT molecular complexity index is 445. The summed E-state index contributed by atoms with van der Waals surface area (Å²) < 4.78 is 6.28. The van der Waals surface area contributed by atoms with Crippen molar-refractivity contribution in [2.75, 3.05) is 0 Å². The van der Waals surface area contributed by atoms with Crippen molar-refractivity contribution in [3.8, 4) is 11.5 Å². The maximum absolute atomic E-state index is 5.15. The number of rotatable bonds is 1. The molecule has 0 unspecified atom stereocenters. The molecule has 0 aliphatic carbocycles. The Kier molecular flexibility index (Phi) is 2.54. The van der Waals surface area contributed by atoms with E-state index in [2.05, 4.69) is 32.7 Å². The molecule has 2 rings (SSSR count). The Morgan fingerprint density at radius 2 is 2.07 bits per heavy atom. The van der Waals surface area contributed by atoms with Crippen molar-refractivity contribution in [2.45, 2.75) is 13.8 Å². The van der Waals surface area contributed by atoms with Crippen molar-refractivity contribution in [3.05, 3.63) is 33.2 Å². The number of aryl methyl sites for hydroxylation is 2. The summed E-state index contributed by atoms with van der Waals surface area (Å²) >= 11 is 2.27. The molecule has 0 radical (unpaired) electrons. The van der Waals surface area contributed by atoms with Crippen molar-refractivity contribution < 1.29 is 4.52 Å². The summed E-state index contributed by atoms with van der Waals surface area (Å²) in [6.45, 7) is 3.86. The molecule has 0 amide bonds. The van der Waals surface area contributed by atoms with Gasteiger partial charge in [0.2, 0.25) is 0 Å². The number of hydrogen-bond acceptors (Lipinski definition) is 3. The molecule has 0 aliphatic rings. The Morgan fingerprint density at radius 3 is 2.64 bits per heavy atom. The van der Waals surface area contributed by atoms with Crippen LogP contribution in [0.2, 0.25) is 0 Å². The van der Waals surface area contributed by atoms with E-state index in [1.807, 2.05) is 32.0 Å². The first kappa shape index (κ1) is 9.64. The molecule has 1 heterocycles. The average molecular weight is 300 g/mol. The van der Waals surface area contributed by atoms with Crippen molar-refractivity contribution in [1.82, 2.24) is 10.1 Å². The highest BCUT2D eigenvalue weighted by molar-refractivity contribution is 14.1. The van der Waals surface area contributed by atoms with E-state index in [4.69, 9.17) is 4.52 Å². The summed E-state index contributed by atoms with van der Waals surface area (Å²) in [5.41, 5.74) is 2.19. The summed E-state index contributed by atoms with van der Waals surface area (Å²) in [7, 11) is 0. The lowest BCUT2D eigenvalue weighted by Gasteiger charge is -2.02. The third-order valence-electron chi connectivity index (χ3n) is 1.96. The van der Waals surface area contributed by atoms with Crippen molar-refractivity contribution in [3.63, 3.8) is 0 Å². The second kappa shape index (κ2) is 3.68. The second-order valence-corrected chi connectivity index (χ2v) is 4.24. The lowest BCUT2D eigenvalue weighted by molar-refractivity contribution is 0.425. The van der Waals surface area contributed by atoms with E-state index in [-0.39, 0.29) is 0 Å². The van der Waals surface area contributed by atoms with Crippen molar-refractivity contribution in [1.29, 1.82) is 0 Å². The zero-order chi connectivity index (χ0) is 10.1. The third-order valence-corrected chi connectivity index (χ3v) is 2.86. The summed E-state index contributed by atoms with van der Waals surface area (Å²) in [6, 6.07) is 6.09. The molecule has 14 heavy (non-hydrogen) atoms. The molecule has 0 saturated carbocycles. The third kappa shape index (κ3) is 1.66. The molecule has 0 saturated heterocycles. The van der Waals surface area contributed by atoms with Gasteiger partial charge < -0.3 is 4.52 Å². The van der Waals surface area contributed by atoms with Crippen molar-refractivity contribution >= 4 is 22.6 Å². The fourth-order valence-corrected chi connectivity index (χ4v) is 2.17. The first-order chi connectivity index (χ1) is 6.68. The fraction of sp³-hybridized carbons (Fsp3) is 0.200. The maximum Gasteiger partial charge on any atom is 0.259 e. The number of hydrogen-bond donors (Lipinski definition) is 0. The number of benzene rings is 1. The molecule has 0 N–H and O–H groups in total. The minimum absolute atomic E-state index is 0.602. The molecule has 0 aliphatic heterocycles. The lowest BCUT2D eigenvalue weighted by Crippen LogP contribution is -1.87. The van der Waals surface area contributed by atoms with Gasteiger partial charge in [-0.3, -0.25) is 0 Å². The average Bonchev–Trinajstić information content (AvgIpc) is 2.51. The smallest absolute Gasteiger partial charge is 0.259 e. The highest BCUT2D eigenvalue weighted by atomic mass is 127. The van der Waals surface area contributed by atoms with E-state index in [9.17, 15) is 0 Å². The van der Waals surface area contributed by atoms with E-state index < -0.39 is 0 Å². The summed E-state index contributed by atoms with van der Waals surface area (Å²) in [4.78, 5) is 4.22. The van der Waals surface area contributed by atoms with Crippen LogP contribution in [0.1, 0.15) is 11.4 Å². The summed E-state index contributed by atoms with van der Waals surface area (Å²) in [5.74, 6) is 1.27. The van der Waals surface area contributed by atoms with E-state index in [1.165, 1.54) is 0 Å². The van der Waals surface area contributed by atoms with Crippen molar-refractivity contribution in [2.24, 2.45) is 0 Å². The van der Waals surface area contributed by atoms with Gasteiger partial charge >= 0.3 is 0 Å². The Balaban J connectivity index is 2.61. The predicted molar refractivity (Wildman–Crippen MR) is 61.9 cm³/mol. The largest absolute Gasteiger partial charge is 0.334 e. The SMILES string of the molecule is Cc1noc(-c2c(C)cccc2I)n1. The van der Waals surface area contributed by atoms with E-state index in [1.54, 1.807) is 0 Å². The molecule has 2 aromatic rings. The van der Waals surface area contributed by atoms with Gasteiger partial charge in [-0.25, -0.2) is 0 Å². The monoisotopic (exact) mass is 300 g/mol. The van der Waals surface area contributed by atoms with Crippen LogP contribution in [0.4, 0.5) is 0 Å². The molecule has 0 atom stereocenters. The van der Waals surface area contributed by atoms with Gasteiger partial charge in [0, 0.05) is 3.57 Å². The standard InChI is InChI=1S/C10H9IN2O/c1-6-4-3-5-8(11)9(6)10-12-7(2)13-14-10/h3-5H,1-2H3. The van der Waals surface area contributed by atoms with E-state index >= 15 is 0 Å². The number of aromatic nitrogens is 2. The minimum Gasteiger partial charge on any atom is -0.334 e. The van der Waals surface area contributed by atoms with Crippen LogP contribution in [-0.2, 0) is 0 Å². The number of nitrogens with zero attached hydrogens (tertiary/aromatic N) is 2. The summed E-state index contributed by atoms with van der Waals surface area (Å²) in [5, 5.41) is 3.79. The topological polar surface area (TPSA) is 38.9 Å². The molecule has 0 fully saturated rings. The highest BCUT2D eigenvalue weighted by Crippen LogP contribution is 2.26. The van der Waals surface area contributed by atoms with Crippen LogP contribution in [0.3, 0.4) is 0 Å². The van der Waals surface area contributed by atoms with Gasteiger partial charge in [-0.05, 0) is 48.1 Å². The molecule has 1 aromatic carbocycles. The summed E-state index contributed by atoms with van der Waals surface area (Å²) in [6.07, 6.45) is 0. The molecule has 3 nitrogen and oxygen atoms in total. The first-order valence-electron chi connectivity index (χ1n) is 4.24. The highest BCUT2D eigenvalue weighted by Gasteiger charge is 2.12. The Hall–Kier alpha value is -0.910. The van der Waals surface area contributed by atoms with Gasteiger partial charge in [-0.2, -0.15) is 4.98 Å². The molecular formula is C10H9IN2O. The quantitative estimate of drug-likeness (QED) is 0.760. The van der Waals surface area contributed by atoms with Gasteiger partial charge in [0.1, 0.15) is 0 Å². The minimum atomic E-state index is 0.602. The number of halogens is 1. The maximum atomic E-state index is 5.15. The van der Waals surface area contributed by atoms with E-state index in [0.717, 1.165) is 14.7 Å². The van der Waals surface area contributed by atoms with E-state index in [0.29, 0.717) is 11.7 Å². The molecular weight excluding hydrogens is 291 g/mol. The van der Waals surface area contributed by atoms with Crippen LogP contribution in [0.25, 0.3) is 11.5 Å². The van der Waals surface area contributed by atoms with Gasteiger partial charge in [0.25, 0.3) is 5.89 Å². The molecule has 0 bridgehead atoms.